The largest absolute Gasteiger partial charge is 0.368 e. The third kappa shape index (κ3) is 3.72. The standard InChI is InChI=1S/C22H23FN4O3/c1-24-18-4-2-3-5-19(18)27(22(30)21(24)29)11-10-20(28)26-14-12-25(13-15-26)17-8-6-16(23)7-9-17/h2-9H,10-15H2,1H3. The van der Waals surface area contributed by atoms with E-state index in [4.69, 9.17) is 0 Å². The molecule has 1 aromatic heterocycles. The summed E-state index contributed by atoms with van der Waals surface area (Å²) in [7, 11) is 1.57. The van der Waals surface area contributed by atoms with E-state index in [1.807, 2.05) is 6.07 Å². The van der Waals surface area contributed by atoms with Crippen LogP contribution in [0.3, 0.4) is 0 Å². The SMILES string of the molecule is Cn1c(=O)c(=O)n(CCC(=O)N2CCN(c3ccc(F)cc3)CC2)c2ccccc21. The predicted octanol–water partition coefficient (Wildman–Crippen LogP) is 1.58. The zero-order chi connectivity index (χ0) is 21.3. The van der Waals surface area contributed by atoms with Gasteiger partial charge in [0.1, 0.15) is 5.82 Å². The van der Waals surface area contributed by atoms with E-state index in [9.17, 15) is 18.8 Å². The van der Waals surface area contributed by atoms with Crippen LogP contribution in [0.2, 0.25) is 0 Å². The molecule has 1 aliphatic rings. The summed E-state index contributed by atoms with van der Waals surface area (Å²) in [5, 5.41) is 0. The Bertz CT molecular complexity index is 1190. The molecule has 3 aromatic rings. The molecule has 4 rings (SSSR count). The highest BCUT2D eigenvalue weighted by atomic mass is 19.1. The molecule has 30 heavy (non-hydrogen) atoms. The Kier molecular flexibility index (Phi) is 5.39. The maximum absolute atomic E-state index is 13.1. The monoisotopic (exact) mass is 410 g/mol. The number of aromatic nitrogens is 2. The molecule has 0 aliphatic carbocycles. The number of carbonyl (C=O) groups is 1. The lowest BCUT2D eigenvalue weighted by atomic mass is 10.2. The number of rotatable bonds is 4. The minimum absolute atomic E-state index is 0.0505. The zero-order valence-electron chi connectivity index (χ0n) is 16.8. The second kappa shape index (κ2) is 8.14. The number of fused-ring (bicyclic) bond motifs is 1. The Morgan fingerprint density at radius 3 is 2.20 bits per heavy atom. The molecule has 1 aliphatic heterocycles. The van der Waals surface area contributed by atoms with Gasteiger partial charge in [0.05, 0.1) is 11.0 Å². The van der Waals surface area contributed by atoms with Crippen LogP contribution in [0.4, 0.5) is 10.1 Å². The van der Waals surface area contributed by atoms with E-state index in [-0.39, 0.29) is 24.7 Å². The highest BCUT2D eigenvalue weighted by molar-refractivity contribution is 5.78. The number of amides is 1. The number of carbonyl (C=O) groups excluding carboxylic acids is 1. The van der Waals surface area contributed by atoms with E-state index >= 15 is 0 Å². The van der Waals surface area contributed by atoms with Gasteiger partial charge in [0.2, 0.25) is 5.91 Å². The molecular formula is C22H23FN4O3. The van der Waals surface area contributed by atoms with E-state index in [1.54, 1.807) is 42.3 Å². The molecule has 8 heteroatoms. The molecule has 0 atom stereocenters. The maximum Gasteiger partial charge on any atom is 0.316 e. The van der Waals surface area contributed by atoms with Crippen LogP contribution in [-0.4, -0.2) is 46.1 Å². The first-order valence-corrected chi connectivity index (χ1v) is 9.92. The molecule has 1 fully saturated rings. The van der Waals surface area contributed by atoms with Crippen LogP contribution in [-0.2, 0) is 18.4 Å². The Balaban J connectivity index is 1.43. The fourth-order valence-corrected chi connectivity index (χ4v) is 3.91. The molecule has 2 heterocycles. The Morgan fingerprint density at radius 1 is 0.900 bits per heavy atom. The molecule has 0 spiro atoms. The first-order chi connectivity index (χ1) is 14.5. The topological polar surface area (TPSA) is 67.5 Å². The summed E-state index contributed by atoms with van der Waals surface area (Å²) >= 11 is 0. The molecule has 7 nitrogen and oxygen atoms in total. The van der Waals surface area contributed by atoms with E-state index in [2.05, 4.69) is 4.90 Å². The van der Waals surface area contributed by atoms with Crippen molar-refractivity contribution < 1.29 is 9.18 Å². The average Bonchev–Trinajstić information content (AvgIpc) is 2.78. The van der Waals surface area contributed by atoms with Gasteiger partial charge in [-0.15, -0.1) is 0 Å². The molecule has 156 valence electrons. The summed E-state index contributed by atoms with van der Waals surface area (Å²) in [6.45, 7) is 2.59. The summed E-state index contributed by atoms with van der Waals surface area (Å²) in [6.07, 6.45) is 0.146. The average molecular weight is 410 g/mol. The van der Waals surface area contributed by atoms with Gasteiger partial charge in [0, 0.05) is 51.9 Å². The van der Waals surface area contributed by atoms with Crippen LogP contribution in [0.25, 0.3) is 11.0 Å². The third-order valence-corrected chi connectivity index (χ3v) is 5.64. The van der Waals surface area contributed by atoms with Crippen molar-refractivity contribution in [2.75, 3.05) is 31.1 Å². The number of nitrogens with zero attached hydrogens (tertiary/aromatic N) is 4. The minimum Gasteiger partial charge on any atom is -0.368 e. The van der Waals surface area contributed by atoms with Crippen LogP contribution < -0.4 is 16.0 Å². The van der Waals surface area contributed by atoms with Crippen molar-refractivity contribution in [3.63, 3.8) is 0 Å². The number of para-hydroxylation sites is 2. The van der Waals surface area contributed by atoms with Crippen molar-refractivity contribution in [1.29, 1.82) is 0 Å². The van der Waals surface area contributed by atoms with E-state index in [0.29, 0.717) is 37.2 Å². The lowest BCUT2D eigenvalue weighted by Crippen LogP contribution is -2.49. The van der Waals surface area contributed by atoms with E-state index < -0.39 is 11.1 Å². The number of hydrogen-bond donors (Lipinski definition) is 0. The molecule has 0 N–H and O–H groups in total. The smallest absolute Gasteiger partial charge is 0.316 e. The first kappa shape index (κ1) is 19.9. The van der Waals surface area contributed by atoms with Gasteiger partial charge >= 0.3 is 11.1 Å². The van der Waals surface area contributed by atoms with Gasteiger partial charge in [-0.25, -0.2) is 4.39 Å². The molecule has 1 amide bonds. The summed E-state index contributed by atoms with van der Waals surface area (Å²) in [5.41, 5.74) is 1.00. The van der Waals surface area contributed by atoms with Crippen LogP contribution in [0.1, 0.15) is 6.42 Å². The third-order valence-electron chi connectivity index (χ3n) is 5.64. The molecule has 1 saturated heterocycles. The molecule has 0 saturated carbocycles. The lowest BCUT2D eigenvalue weighted by molar-refractivity contribution is -0.131. The molecule has 2 aromatic carbocycles. The van der Waals surface area contributed by atoms with Gasteiger partial charge in [-0.2, -0.15) is 0 Å². The number of benzene rings is 2. The highest BCUT2D eigenvalue weighted by Gasteiger charge is 2.22. The van der Waals surface area contributed by atoms with Crippen molar-refractivity contribution in [3.05, 3.63) is 75.1 Å². The van der Waals surface area contributed by atoms with Gasteiger partial charge < -0.3 is 18.9 Å². The van der Waals surface area contributed by atoms with Crippen molar-refractivity contribution in [1.82, 2.24) is 14.0 Å². The van der Waals surface area contributed by atoms with Gasteiger partial charge in [0.25, 0.3) is 0 Å². The Morgan fingerprint density at radius 2 is 1.53 bits per heavy atom. The second-order valence-electron chi connectivity index (χ2n) is 7.40. The number of anilines is 1. The lowest BCUT2D eigenvalue weighted by Gasteiger charge is -2.36. The van der Waals surface area contributed by atoms with Gasteiger partial charge in [-0.1, -0.05) is 12.1 Å². The van der Waals surface area contributed by atoms with E-state index in [0.717, 1.165) is 5.69 Å². The van der Waals surface area contributed by atoms with Crippen molar-refractivity contribution in [2.24, 2.45) is 7.05 Å². The summed E-state index contributed by atoms with van der Waals surface area (Å²) in [6, 6.07) is 13.5. The van der Waals surface area contributed by atoms with Gasteiger partial charge in [-0.05, 0) is 36.4 Å². The van der Waals surface area contributed by atoms with Crippen molar-refractivity contribution in [3.8, 4) is 0 Å². The molecule has 0 radical (unpaired) electrons. The Hall–Kier alpha value is -3.42. The Labute approximate surface area is 172 Å². The van der Waals surface area contributed by atoms with Crippen LogP contribution in [0.15, 0.2) is 58.1 Å². The summed E-state index contributed by atoms with van der Waals surface area (Å²) in [4.78, 5) is 41.3. The normalized spacial score (nSPS) is 14.3. The molecule has 0 unspecified atom stereocenters. The van der Waals surface area contributed by atoms with Gasteiger partial charge in [0.15, 0.2) is 0 Å². The van der Waals surface area contributed by atoms with Gasteiger partial charge in [-0.3, -0.25) is 14.4 Å². The highest BCUT2D eigenvalue weighted by Crippen LogP contribution is 2.17. The number of piperazine rings is 1. The minimum atomic E-state index is -0.620. The number of hydrogen-bond acceptors (Lipinski definition) is 4. The fourth-order valence-electron chi connectivity index (χ4n) is 3.91. The molecule has 0 bridgehead atoms. The van der Waals surface area contributed by atoms with E-state index in [1.165, 1.54) is 21.3 Å². The second-order valence-corrected chi connectivity index (χ2v) is 7.40. The fraction of sp³-hybridized carbons (Fsp3) is 0.318. The van der Waals surface area contributed by atoms with Crippen molar-refractivity contribution >= 4 is 22.6 Å². The maximum atomic E-state index is 13.1. The molecular weight excluding hydrogens is 387 g/mol. The van der Waals surface area contributed by atoms with Crippen LogP contribution in [0, 0.1) is 5.82 Å². The first-order valence-electron chi connectivity index (χ1n) is 9.92. The number of halogens is 1. The van der Waals surface area contributed by atoms with Crippen LogP contribution >= 0.6 is 0 Å². The zero-order valence-corrected chi connectivity index (χ0v) is 16.8. The predicted molar refractivity (Wildman–Crippen MR) is 113 cm³/mol. The van der Waals surface area contributed by atoms with Crippen molar-refractivity contribution in [2.45, 2.75) is 13.0 Å². The summed E-state index contributed by atoms with van der Waals surface area (Å²) < 4.78 is 15.8. The van der Waals surface area contributed by atoms with Crippen LogP contribution in [0.5, 0.6) is 0 Å². The quantitative estimate of drug-likeness (QED) is 0.613. The number of aryl methyl sites for hydroxylation is 2. The summed E-state index contributed by atoms with van der Waals surface area (Å²) in [5.74, 6) is -0.323.